The van der Waals surface area contributed by atoms with Crippen molar-refractivity contribution in [3.8, 4) is 10.4 Å². The highest BCUT2D eigenvalue weighted by molar-refractivity contribution is 7.15. The molecule has 3 aromatic heterocycles. The predicted octanol–water partition coefficient (Wildman–Crippen LogP) is 2.42. The third-order valence-electron chi connectivity index (χ3n) is 3.24. The molecule has 3 rings (SSSR count). The standard InChI is InChI=1S/C15H14N4O2S/c16-15(21)19-13(20)6-4-9-3-5-12(22-9)11-8-18-14-10(11)2-1-7-17-14/h1-3,5,7-8H,4,6H2,(H,17,18)(H3,16,19,20,21). The number of nitrogens with two attached hydrogens (primary N) is 1. The summed E-state index contributed by atoms with van der Waals surface area (Å²) < 4.78 is 0. The normalized spacial score (nSPS) is 10.7. The highest BCUT2D eigenvalue weighted by atomic mass is 32.1. The van der Waals surface area contributed by atoms with Crippen LogP contribution in [0.4, 0.5) is 4.79 Å². The summed E-state index contributed by atoms with van der Waals surface area (Å²) in [4.78, 5) is 31.6. The lowest BCUT2D eigenvalue weighted by atomic mass is 10.2. The number of hydrogen-bond acceptors (Lipinski definition) is 4. The Balaban J connectivity index is 1.74. The summed E-state index contributed by atoms with van der Waals surface area (Å²) in [5.74, 6) is -0.362. The number of primary amides is 1. The summed E-state index contributed by atoms with van der Waals surface area (Å²) >= 11 is 1.62. The first-order valence-corrected chi connectivity index (χ1v) is 7.55. The SMILES string of the molecule is NC(=O)NC(=O)CCc1ccc(-c2c[nH]c3ncccc23)s1. The van der Waals surface area contributed by atoms with Gasteiger partial charge in [0.05, 0.1) is 0 Å². The quantitative estimate of drug-likeness (QED) is 0.689. The Morgan fingerprint density at radius 2 is 2.18 bits per heavy atom. The number of aromatic nitrogens is 2. The van der Waals surface area contributed by atoms with Crippen molar-refractivity contribution >= 4 is 34.3 Å². The number of urea groups is 1. The number of nitrogens with zero attached hydrogens (tertiary/aromatic N) is 1. The molecule has 4 N–H and O–H groups in total. The fourth-order valence-corrected chi connectivity index (χ4v) is 3.29. The molecule has 0 saturated carbocycles. The van der Waals surface area contributed by atoms with Crippen molar-refractivity contribution in [3.05, 3.63) is 41.5 Å². The summed E-state index contributed by atoms with van der Waals surface area (Å²) in [6.07, 6.45) is 4.50. The molecule has 0 fully saturated rings. The van der Waals surface area contributed by atoms with E-state index in [1.54, 1.807) is 17.5 Å². The van der Waals surface area contributed by atoms with Crippen molar-refractivity contribution in [3.63, 3.8) is 0 Å². The molecule has 0 aromatic carbocycles. The number of nitrogens with one attached hydrogen (secondary N) is 2. The lowest BCUT2D eigenvalue weighted by molar-refractivity contribution is -0.119. The first kappa shape index (κ1) is 14.3. The van der Waals surface area contributed by atoms with Gasteiger partial charge < -0.3 is 10.7 Å². The maximum Gasteiger partial charge on any atom is 0.318 e. The predicted molar refractivity (Wildman–Crippen MR) is 85.5 cm³/mol. The molecular formula is C15H14N4O2S. The van der Waals surface area contributed by atoms with Gasteiger partial charge in [-0.25, -0.2) is 9.78 Å². The van der Waals surface area contributed by atoms with Crippen molar-refractivity contribution in [2.45, 2.75) is 12.8 Å². The van der Waals surface area contributed by atoms with Gasteiger partial charge in [0, 0.05) is 39.5 Å². The van der Waals surface area contributed by atoms with Gasteiger partial charge in [-0.2, -0.15) is 0 Å². The monoisotopic (exact) mass is 314 g/mol. The van der Waals surface area contributed by atoms with Crippen molar-refractivity contribution in [1.82, 2.24) is 15.3 Å². The smallest absolute Gasteiger partial charge is 0.318 e. The van der Waals surface area contributed by atoms with Gasteiger partial charge >= 0.3 is 6.03 Å². The fourth-order valence-electron chi connectivity index (χ4n) is 2.25. The summed E-state index contributed by atoms with van der Waals surface area (Å²) in [7, 11) is 0. The number of hydrogen-bond donors (Lipinski definition) is 3. The van der Waals surface area contributed by atoms with Crippen LogP contribution in [0.15, 0.2) is 36.7 Å². The van der Waals surface area contributed by atoms with Gasteiger partial charge in [-0.3, -0.25) is 10.1 Å². The van der Waals surface area contributed by atoms with E-state index in [0.717, 1.165) is 26.4 Å². The molecular weight excluding hydrogens is 300 g/mol. The van der Waals surface area contributed by atoms with Crippen LogP contribution in [0.5, 0.6) is 0 Å². The number of fused-ring (bicyclic) bond motifs is 1. The molecule has 0 unspecified atom stereocenters. The van der Waals surface area contributed by atoms with Crippen LogP contribution in [0.25, 0.3) is 21.5 Å². The Morgan fingerprint density at radius 1 is 1.32 bits per heavy atom. The fraction of sp³-hybridized carbons (Fsp3) is 0.133. The summed E-state index contributed by atoms with van der Waals surface area (Å²) in [5, 5.41) is 3.13. The largest absolute Gasteiger partial charge is 0.351 e. The Kier molecular flexibility index (Phi) is 3.88. The second kappa shape index (κ2) is 5.98. The molecule has 112 valence electrons. The summed E-state index contributed by atoms with van der Waals surface area (Å²) in [5.41, 5.74) is 6.86. The van der Waals surface area contributed by atoms with Gasteiger partial charge in [-0.1, -0.05) is 0 Å². The van der Waals surface area contributed by atoms with Crippen molar-refractivity contribution in [2.24, 2.45) is 5.73 Å². The lowest BCUT2D eigenvalue weighted by Gasteiger charge is -1.99. The number of pyridine rings is 1. The second-order valence-electron chi connectivity index (χ2n) is 4.78. The Bertz CT molecular complexity index is 837. The molecule has 3 amide bonds. The number of imide groups is 1. The molecule has 3 heterocycles. The first-order valence-electron chi connectivity index (χ1n) is 6.74. The molecule has 0 aliphatic carbocycles. The third kappa shape index (κ3) is 2.99. The minimum atomic E-state index is -0.817. The van der Waals surface area contributed by atoms with E-state index in [-0.39, 0.29) is 12.3 Å². The van der Waals surface area contributed by atoms with Crippen LogP contribution in [0.1, 0.15) is 11.3 Å². The van der Waals surface area contributed by atoms with Gasteiger partial charge in [0.15, 0.2) is 0 Å². The molecule has 0 spiro atoms. The van der Waals surface area contributed by atoms with Gasteiger partial charge in [0.2, 0.25) is 5.91 Å². The average molecular weight is 314 g/mol. The molecule has 6 nitrogen and oxygen atoms in total. The number of carbonyl (C=O) groups is 2. The minimum absolute atomic E-state index is 0.234. The van der Waals surface area contributed by atoms with Crippen LogP contribution in [0.2, 0.25) is 0 Å². The topological polar surface area (TPSA) is 101 Å². The number of aryl methyl sites for hydroxylation is 1. The van der Waals surface area contributed by atoms with Crippen LogP contribution < -0.4 is 11.1 Å². The van der Waals surface area contributed by atoms with Crippen molar-refractivity contribution in [2.75, 3.05) is 0 Å². The van der Waals surface area contributed by atoms with Crippen LogP contribution >= 0.6 is 11.3 Å². The average Bonchev–Trinajstić information content (AvgIpc) is 3.10. The van der Waals surface area contributed by atoms with Crippen LogP contribution in [0, 0.1) is 0 Å². The van der Waals surface area contributed by atoms with E-state index in [0.29, 0.717) is 6.42 Å². The van der Waals surface area contributed by atoms with E-state index < -0.39 is 6.03 Å². The van der Waals surface area contributed by atoms with Crippen molar-refractivity contribution in [1.29, 1.82) is 0 Å². The number of thiophene rings is 1. The van der Waals surface area contributed by atoms with E-state index in [4.69, 9.17) is 5.73 Å². The first-order chi connectivity index (χ1) is 10.6. The number of amides is 3. The highest BCUT2D eigenvalue weighted by Crippen LogP contribution is 2.33. The van der Waals surface area contributed by atoms with E-state index in [2.05, 4.69) is 15.3 Å². The van der Waals surface area contributed by atoms with Gasteiger partial charge in [0.25, 0.3) is 0 Å². The molecule has 22 heavy (non-hydrogen) atoms. The zero-order valence-corrected chi connectivity index (χ0v) is 12.4. The number of H-pyrrole nitrogens is 1. The second-order valence-corrected chi connectivity index (χ2v) is 5.95. The van der Waals surface area contributed by atoms with Crippen LogP contribution in [0.3, 0.4) is 0 Å². The zero-order valence-electron chi connectivity index (χ0n) is 11.6. The molecule has 0 saturated heterocycles. The highest BCUT2D eigenvalue weighted by Gasteiger charge is 2.10. The molecule has 0 bridgehead atoms. The van der Waals surface area contributed by atoms with E-state index in [1.807, 2.05) is 30.5 Å². The molecule has 0 aliphatic rings. The summed E-state index contributed by atoms with van der Waals surface area (Å²) in [6, 6.07) is 7.13. The van der Waals surface area contributed by atoms with Gasteiger partial charge in [0.1, 0.15) is 5.65 Å². The lowest BCUT2D eigenvalue weighted by Crippen LogP contribution is -2.34. The Labute approximate surface area is 130 Å². The van der Waals surface area contributed by atoms with E-state index in [1.165, 1.54) is 0 Å². The van der Waals surface area contributed by atoms with Gasteiger partial charge in [-0.15, -0.1) is 11.3 Å². The molecule has 0 radical (unpaired) electrons. The van der Waals surface area contributed by atoms with Gasteiger partial charge in [-0.05, 0) is 30.7 Å². The summed E-state index contributed by atoms with van der Waals surface area (Å²) in [6.45, 7) is 0. The minimum Gasteiger partial charge on any atom is -0.351 e. The number of aromatic amines is 1. The molecule has 7 heteroatoms. The van der Waals surface area contributed by atoms with Crippen LogP contribution in [-0.2, 0) is 11.2 Å². The van der Waals surface area contributed by atoms with Crippen LogP contribution in [-0.4, -0.2) is 21.9 Å². The third-order valence-corrected chi connectivity index (χ3v) is 4.42. The number of carbonyl (C=O) groups excluding carboxylic acids is 2. The maximum absolute atomic E-state index is 11.4. The zero-order chi connectivity index (χ0) is 15.5. The maximum atomic E-state index is 11.4. The van der Waals surface area contributed by atoms with Crippen molar-refractivity contribution < 1.29 is 9.59 Å². The molecule has 0 aliphatic heterocycles. The van der Waals surface area contributed by atoms with E-state index >= 15 is 0 Å². The number of rotatable bonds is 4. The Morgan fingerprint density at radius 3 is 3.00 bits per heavy atom. The Hall–Kier alpha value is -2.67. The molecule has 0 atom stereocenters. The molecule has 3 aromatic rings. The van der Waals surface area contributed by atoms with E-state index in [9.17, 15) is 9.59 Å².